The van der Waals surface area contributed by atoms with Crippen molar-refractivity contribution in [3.05, 3.63) is 36.4 Å². The van der Waals surface area contributed by atoms with Crippen LogP contribution in [0.25, 0.3) is 21.3 Å². The molecule has 6 nitrogen and oxygen atoms in total. The van der Waals surface area contributed by atoms with E-state index in [1.54, 1.807) is 12.4 Å². The van der Waals surface area contributed by atoms with E-state index in [1.807, 2.05) is 18.2 Å². The van der Waals surface area contributed by atoms with Crippen LogP contribution >= 0.6 is 11.3 Å². The Bertz CT molecular complexity index is 1060. The number of anilines is 1. The summed E-state index contributed by atoms with van der Waals surface area (Å²) in [6, 6.07) is 5.83. The van der Waals surface area contributed by atoms with Crippen molar-refractivity contribution >= 4 is 32.6 Å². The van der Waals surface area contributed by atoms with Crippen molar-refractivity contribution < 1.29 is 18.3 Å². The van der Waals surface area contributed by atoms with E-state index in [0.29, 0.717) is 11.0 Å². The third kappa shape index (κ3) is 4.11. The van der Waals surface area contributed by atoms with Gasteiger partial charge >= 0.3 is 0 Å². The maximum atomic E-state index is 12.8. The molecule has 2 aliphatic carbocycles. The quantitative estimate of drug-likeness (QED) is 0.644. The van der Waals surface area contributed by atoms with Gasteiger partial charge in [0.1, 0.15) is 6.61 Å². The lowest BCUT2D eigenvalue weighted by atomic mass is 9.91. The number of benzene rings is 1. The van der Waals surface area contributed by atoms with Gasteiger partial charge in [-0.15, -0.1) is 0 Å². The number of hydrogen-bond donors (Lipinski definition) is 1. The molecule has 0 saturated heterocycles. The molecular formula is C20H18F2N4O2S. The number of ether oxygens (including phenoxy) is 1. The molecule has 2 fully saturated rings. The first kappa shape index (κ1) is 18.5. The lowest BCUT2D eigenvalue weighted by Crippen LogP contribution is -2.41. The Labute approximate surface area is 169 Å². The van der Waals surface area contributed by atoms with Gasteiger partial charge in [0, 0.05) is 36.7 Å². The molecule has 9 heteroatoms. The first-order valence-corrected chi connectivity index (χ1v) is 10.3. The van der Waals surface area contributed by atoms with E-state index in [-0.39, 0.29) is 31.3 Å². The molecule has 0 bridgehead atoms. The summed E-state index contributed by atoms with van der Waals surface area (Å²) in [6.07, 6.45) is 4.41. The Hall–Kier alpha value is -2.52. The van der Waals surface area contributed by atoms with Crippen LogP contribution in [0.15, 0.2) is 30.6 Å². The fraction of sp³-hybridized carbons (Fsp3) is 0.400. The Morgan fingerprint density at radius 2 is 1.97 bits per heavy atom. The standard InChI is InChI=1S/C20H18F2N4O2S/c21-20(22)6-14(7-20)28-10-17-23-8-13(9-24-17)12-3-4-15-16(5-12)29-19(25-15)26-18(27)11-1-2-11/h3-5,8-9,11,14H,1-2,6-7,10H2,(H,25,26,27). The zero-order valence-electron chi connectivity index (χ0n) is 15.4. The normalized spacial score (nSPS) is 18.6. The van der Waals surface area contributed by atoms with Crippen molar-refractivity contribution in [2.75, 3.05) is 5.32 Å². The minimum absolute atomic E-state index is 0.0427. The highest BCUT2D eigenvalue weighted by Crippen LogP contribution is 2.39. The highest BCUT2D eigenvalue weighted by Gasteiger charge is 2.46. The van der Waals surface area contributed by atoms with Gasteiger partial charge in [-0.2, -0.15) is 0 Å². The lowest BCUT2D eigenvalue weighted by molar-refractivity contribution is -0.170. The Balaban J connectivity index is 1.25. The molecule has 5 rings (SSSR count). The SMILES string of the molecule is O=C(Nc1nc2ccc(-c3cnc(COC4CC(F)(F)C4)nc3)cc2s1)C1CC1. The molecule has 2 aromatic heterocycles. The number of rotatable bonds is 6. The minimum atomic E-state index is -2.59. The zero-order chi connectivity index (χ0) is 20.0. The van der Waals surface area contributed by atoms with Gasteiger partial charge in [0.05, 0.1) is 16.3 Å². The predicted molar refractivity (Wildman–Crippen MR) is 105 cm³/mol. The minimum Gasteiger partial charge on any atom is -0.370 e. The number of halogens is 2. The lowest BCUT2D eigenvalue weighted by Gasteiger charge is -2.34. The number of aromatic nitrogens is 3. The van der Waals surface area contributed by atoms with E-state index in [9.17, 15) is 13.6 Å². The summed E-state index contributed by atoms with van der Waals surface area (Å²) >= 11 is 1.44. The zero-order valence-corrected chi connectivity index (χ0v) is 16.2. The number of nitrogens with one attached hydrogen (secondary N) is 1. The van der Waals surface area contributed by atoms with E-state index in [2.05, 4.69) is 20.3 Å². The average molecular weight is 416 g/mol. The van der Waals surface area contributed by atoms with E-state index < -0.39 is 12.0 Å². The summed E-state index contributed by atoms with van der Waals surface area (Å²) in [7, 11) is 0. The van der Waals surface area contributed by atoms with Crippen LogP contribution in [0.2, 0.25) is 0 Å². The summed E-state index contributed by atoms with van der Waals surface area (Å²) in [4.78, 5) is 24.9. The summed E-state index contributed by atoms with van der Waals surface area (Å²) in [5.41, 5.74) is 2.60. The summed E-state index contributed by atoms with van der Waals surface area (Å²) in [5.74, 6) is -1.95. The number of alkyl halides is 2. The largest absolute Gasteiger partial charge is 0.370 e. The van der Waals surface area contributed by atoms with Crippen LogP contribution < -0.4 is 5.32 Å². The van der Waals surface area contributed by atoms with Crippen molar-refractivity contribution in [1.29, 1.82) is 0 Å². The third-order valence-corrected chi connectivity index (χ3v) is 6.04. The number of nitrogens with zero attached hydrogens (tertiary/aromatic N) is 3. The highest BCUT2D eigenvalue weighted by atomic mass is 32.1. The molecule has 2 heterocycles. The molecule has 2 saturated carbocycles. The molecule has 29 heavy (non-hydrogen) atoms. The van der Waals surface area contributed by atoms with Crippen LogP contribution in [0.3, 0.4) is 0 Å². The number of fused-ring (bicyclic) bond motifs is 1. The van der Waals surface area contributed by atoms with Crippen LogP contribution in [-0.2, 0) is 16.1 Å². The van der Waals surface area contributed by atoms with Crippen molar-refractivity contribution in [3.63, 3.8) is 0 Å². The van der Waals surface area contributed by atoms with Crippen LogP contribution in [0, 0.1) is 5.92 Å². The van der Waals surface area contributed by atoms with Gasteiger partial charge in [0.15, 0.2) is 11.0 Å². The fourth-order valence-electron chi connectivity index (χ4n) is 3.21. The Kier molecular flexibility index (Phi) is 4.51. The molecule has 150 valence electrons. The van der Waals surface area contributed by atoms with Gasteiger partial charge in [0.25, 0.3) is 5.92 Å². The van der Waals surface area contributed by atoms with Crippen molar-refractivity contribution in [2.24, 2.45) is 5.92 Å². The molecule has 1 N–H and O–H groups in total. The maximum absolute atomic E-state index is 12.8. The molecule has 1 aromatic carbocycles. The van der Waals surface area contributed by atoms with Gasteiger partial charge in [-0.05, 0) is 30.5 Å². The fourth-order valence-corrected chi connectivity index (χ4v) is 4.11. The van der Waals surface area contributed by atoms with Crippen LogP contribution in [0.5, 0.6) is 0 Å². The van der Waals surface area contributed by atoms with E-state index in [0.717, 1.165) is 34.2 Å². The van der Waals surface area contributed by atoms with E-state index in [4.69, 9.17) is 4.74 Å². The third-order valence-electron chi connectivity index (χ3n) is 5.11. The highest BCUT2D eigenvalue weighted by molar-refractivity contribution is 7.22. The molecule has 0 unspecified atom stereocenters. The molecule has 0 radical (unpaired) electrons. The predicted octanol–water partition coefficient (Wildman–Crippen LogP) is 4.42. The average Bonchev–Trinajstić information content (AvgIpc) is 3.45. The molecular weight excluding hydrogens is 398 g/mol. The monoisotopic (exact) mass is 416 g/mol. The number of carbonyl (C=O) groups excluding carboxylic acids is 1. The van der Waals surface area contributed by atoms with Crippen LogP contribution in [0.4, 0.5) is 13.9 Å². The summed E-state index contributed by atoms with van der Waals surface area (Å²) in [5, 5.41) is 3.49. The maximum Gasteiger partial charge on any atom is 0.253 e. The topological polar surface area (TPSA) is 77.0 Å². The van der Waals surface area contributed by atoms with Gasteiger partial charge in [-0.25, -0.2) is 23.7 Å². The first-order valence-electron chi connectivity index (χ1n) is 9.47. The number of thiazole rings is 1. The number of carbonyl (C=O) groups is 1. The second kappa shape index (κ2) is 7.07. The smallest absolute Gasteiger partial charge is 0.253 e. The molecule has 1 amide bonds. The first-order chi connectivity index (χ1) is 13.9. The Morgan fingerprint density at radius 3 is 2.66 bits per heavy atom. The second-order valence-corrected chi connectivity index (χ2v) is 8.58. The van der Waals surface area contributed by atoms with Crippen molar-refractivity contribution in [1.82, 2.24) is 15.0 Å². The van der Waals surface area contributed by atoms with E-state index in [1.165, 1.54) is 11.3 Å². The summed E-state index contributed by atoms with van der Waals surface area (Å²) < 4.78 is 32.0. The summed E-state index contributed by atoms with van der Waals surface area (Å²) in [6.45, 7) is 0.124. The molecule has 2 aliphatic rings. The number of amides is 1. The Morgan fingerprint density at radius 1 is 1.21 bits per heavy atom. The molecule has 3 aromatic rings. The van der Waals surface area contributed by atoms with Gasteiger partial charge < -0.3 is 10.1 Å². The number of hydrogen-bond acceptors (Lipinski definition) is 6. The van der Waals surface area contributed by atoms with E-state index >= 15 is 0 Å². The van der Waals surface area contributed by atoms with Crippen molar-refractivity contribution in [2.45, 2.75) is 44.3 Å². The van der Waals surface area contributed by atoms with Crippen LogP contribution in [0.1, 0.15) is 31.5 Å². The van der Waals surface area contributed by atoms with Crippen LogP contribution in [-0.4, -0.2) is 32.9 Å². The molecule has 0 atom stereocenters. The van der Waals surface area contributed by atoms with Gasteiger partial charge in [-0.1, -0.05) is 17.4 Å². The second-order valence-electron chi connectivity index (χ2n) is 7.55. The molecule has 0 aliphatic heterocycles. The van der Waals surface area contributed by atoms with Gasteiger partial charge in [-0.3, -0.25) is 4.79 Å². The molecule has 0 spiro atoms. The van der Waals surface area contributed by atoms with Crippen molar-refractivity contribution in [3.8, 4) is 11.1 Å². The van der Waals surface area contributed by atoms with Gasteiger partial charge in [0.2, 0.25) is 5.91 Å².